The van der Waals surface area contributed by atoms with Crippen LogP contribution in [0.5, 0.6) is 0 Å². The zero-order valence-corrected chi connectivity index (χ0v) is 13.0. The van der Waals surface area contributed by atoms with Gasteiger partial charge in [0.05, 0.1) is 17.2 Å². The van der Waals surface area contributed by atoms with Gasteiger partial charge in [0.2, 0.25) is 0 Å². The van der Waals surface area contributed by atoms with Gasteiger partial charge in [0, 0.05) is 12.6 Å². The molecule has 0 bridgehead atoms. The van der Waals surface area contributed by atoms with Crippen LogP contribution in [-0.2, 0) is 7.05 Å². The van der Waals surface area contributed by atoms with Gasteiger partial charge < -0.3 is 4.57 Å². The highest BCUT2D eigenvalue weighted by Crippen LogP contribution is 2.22. The summed E-state index contributed by atoms with van der Waals surface area (Å²) in [5.74, 6) is 1.20. The van der Waals surface area contributed by atoms with E-state index in [1.165, 1.54) is 0 Å². The topological polar surface area (TPSA) is 78.3 Å². The van der Waals surface area contributed by atoms with Crippen LogP contribution in [0.3, 0.4) is 0 Å². The third-order valence-electron chi connectivity index (χ3n) is 3.62. The molecule has 0 radical (unpaired) electrons. The van der Waals surface area contributed by atoms with Gasteiger partial charge in [-0.2, -0.15) is 10.5 Å². The van der Waals surface area contributed by atoms with Crippen molar-refractivity contribution in [1.82, 2.24) is 14.8 Å². The Bertz CT molecular complexity index is 967. The van der Waals surface area contributed by atoms with E-state index in [2.05, 4.69) is 22.3 Å². The first-order valence-electron chi connectivity index (χ1n) is 7.30. The number of hydrogen-bond donors (Lipinski definition) is 0. The van der Waals surface area contributed by atoms with E-state index in [0.29, 0.717) is 22.8 Å². The van der Waals surface area contributed by atoms with Gasteiger partial charge in [0.1, 0.15) is 6.07 Å². The molecule has 0 saturated heterocycles. The highest BCUT2D eigenvalue weighted by atomic mass is 15.3. The molecule has 0 saturated carbocycles. The van der Waals surface area contributed by atoms with E-state index in [1.54, 1.807) is 34.9 Å². The number of aromatic nitrogens is 3. The molecule has 0 spiro atoms. The predicted molar refractivity (Wildman–Crippen MR) is 91.1 cm³/mol. The molecule has 24 heavy (non-hydrogen) atoms. The molecule has 0 aliphatic rings. The molecule has 1 heterocycles. The molecule has 5 heteroatoms. The molecular formula is C19H13N5. The van der Waals surface area contributed by atoms with Crippen LogP contribution < -0.4 is 0 Å². The Labute approximate surface area is 139 Å². The van der Waals surface area contributed by atoms with E-state index in [4.69, 9.17) is 5.26 Å². The van der Waals surface area contributed by atoms with E-state index in [9.17, 15) is 5.26 Å². The van der Waals surface area contributed by atoms with Crippen molar-refractivity contribution < 1.29 is 0 Å². The Kier molecular flexibility index (Phi) is 4.18. The minimum absolute atomic E-state index is 0.414. The minimum atomic E-state index is 0.414. The van der Waals surface area contributed by atoms with Crippen LogP contribution >= 0.6 is 0 Å². The molecule has 0 amide bonds. The Hall–Kier alpha value is -3.70. The Morgan fingerprint density at radius 1 is 1.00 bits per heavy atom. The largest absolute Gasteiger partial charge is 0.310 e. The summed E-state index contributed by atoms with van der Waals surface area (Å²) >= 11 is 0. The lowest BCUT2D eigenvalue weighted by atomic mass is 10.1. The second-order valence-electron chi connectivity index (χ2n) is 5.18. The average Bonchev–Trinajstić information content (AvgIpc) is 3.02. The van der Waals surface area contributed by atoms with Gasteiger partial charge >= 0.3 is 0 Å². The normalized spacial score (nSPS) is 10.9. The lowest BCUT2D eigenvalue weighted by Crippen LogP contribution is -1.98. The summed E-state index contributed by atoms with van der Waals surface area (Å²) < 4.78 is 1.80. The van der Waals surface area contributed by atoms with Crippen LogP contribution in [0.1, 0.15) is 17.0 Å². The summed E-state index contributed by atoms with van der Waals surface area (Å²) in [7, 11) is 1.83. The van der Waals surface area contributed by atoms with Crippen molar-refractivity contribution in [3.63, 3.8) is 0 Å². The Balaban J connectivity index is 2.00. The number of allylic oxidation sites excluding steroid dienone is 1. The number of nitriles is 2. The Morgan fingerprint density at radius 2 is 1.71 bits per heavy atom. The highest BCUT2D eigenvalue weighted by molar-refractivity contribution is 5.87. The quantitative estimate of drug-likeness (QED) is 0.694. The fraction of sp³-hybridized carbons (Fsp3) is 0.0526. The molecule has 114 valence electrons. The van der Waals surface area contributed by atoms with E-state index in [0.717, 1.165) is 11.1 Å². The van der Waals surface area contributed by atoms with Gasteiger partial charge in [-0.25, -0.2) is 0 Å². The molecule has 0 fully saturated rings. The molecule has 0 aliphatic carbocycles. The fourth-order valence-corrected chi connectivity index (χ4v) is 2.37. The Morgan fingerprint density at radius 3 is 2.33 bits per heavy atom. The molecule has 5 nitrogen and oxygen atoms in total. The summed E-state index contributed by atoms with van der Waals surface area (Å²) in [5.41, 5.74) is 2.76. The maximum absolute atomic E-state index is 9.49. The van der Waals surface area contributed by atoms with Crippen molar-refractivity contribution in [1.29, 1.82) is 10.5 Å². The van der Waals surface area contributed by atoms with Gasteiger partial charge in [0.25, 0.3) is 0 Å². The molecule has 3 aromatic rings. The van der Waals surface area contributed by atoms with Crippen LogP contribution in [-0.4, -0.2) is 14.8 Å². The molecule has 0 atom stereocenters. The highest BCUT2D eigenvalue weighted by Gasteiger charge is 2.14. The van der Waals surface area contributed by atoms with Gasteiger partial charge in [-0.15, -0.1) is 10.2 Å². The van der Waals surface area contributed by atoms with Crippen molar-refractivity contribution in [2.45, 2.75) is 0 Å². The van der Waals surface area contributed by atoms with E-state index >= 15 is 0 Å². The maximum atomic E-state index is 9.49. The molecule has 2 aromatic carbocycles. The van der Waals surface area contributed by atoms with Crippen molar-refractivity contribution >= 4 is 11.6 Å². The molecule has 0 aliphatic heterocycles. The fourth-order valence-electron chi connectivity index (χ4n) is 2.37. The zero-order valence-electron chi connectivity index (χ0n) is 13.0. The first-order chi connectivity index (χ1) is 11.7. The summed E-state index contributed by atoms with van der Waals surface area (Å²) in [5, 5.41) is 26.7. The average molecular weight is 311 g/mol. The monoisotopic (exact) mass is 311 g/mol. The predicted octanol–water partition coefficient (Wildman–Crippen LogP) is 3.42. The minimum Gasteiger partial charge on any atom is -0.310 e. The number of nitrogens with zero attached hydrogens (tertiary/aromatic N) is 5. The van der Waals surface area contributed by atoms with E-state index < -0.39 is 0 Å². The lowest BCUT2D eigenvalue weighted by molar-refractivity contribution is 0.901. The van der Waals surface area contributed by atoms with Crippen molar-refractivity contribution in [2.75, 3.05) is 0 Å². The molecular weight excluding hydrogens is 298 g/mol. The second-order valence-corrected chi connectivity index (χ2v) is 5.18. The van der Waals surface area contributed by atoms with Crippen molar-refractivity contribution in [3.05, 3.63) is 71.5 Å². The van der Waals surface area contributed by atoms with E-state index in [-0.39, 0.29) is 0 Å². The van der Waals surface area contributed by atoms with Crippen LogP contribution in [0.25, 0.3) is 23.0 Å². The van der Waals surface area contributed by atoms with E-state index in [1.807, 2.05) is 37.4 Å². The van der Waals surface area contributed by atoms with Gasteiger partial charge in [0.15, 0.2) is 11.6 Å². The number of rotatable bonds is 3. The number of benzene rings is 2. The maximum Gasteiger partial charge on any atom is 0.174 e. The molecule has 1 aromatic heterocycles. The smallest absolute Gasteiger partial charge is 0.174 e. The summed E-state index contributed by atoms with van der Waals surface area (Å²) in [4.78, 5) is 0. The van der Waals surface area contributed by atoms with Crippen LogP contribution in [0.15, 0.2) is 54.6 Å². The molecule has 0 N–H and O–H groups in total. The van der Waals surface area contributed by atoms with Gasteiger partial charge in [-0.3, -0.25) is 0 Å². The zero-order chi connectivity index (χ0) is 16.9. The summed E-state index contributed by atoms with van der Waals surface area (Å²) in [6.45, 7) is 0. The second kappa shape index (κ2) is 6.60. The van der Waals surface area contributed by atoms with Crippen LogP contribution in [0.2, 0.25) is 0 Å². The lowest BCUT2D eigenvalue weighted by Gasteiger charge is -2.03. The van der Waals surface area contributed by atoms with Crippen LogP contribution in [0.4, 0.5) is 0 Å². The van der Waals surface area contributed by atoms with Crippen molar-refractivity contribution in [2.24, 2.45) is 7.05 Å². The van der Waals surface area contributed by atoms with Gasteiger partial charge in [-0.05, 0) is 23.8 Å². The summed E-state index contributed by atoms with van der Waals surface area (Å²) in [6.07, 6.45) is 1.74. The first kappa shape index (κ1) is 15.2. The standard InChI is InChI=1S/C19H13N5/c1-24-18(16-5-3-2-4-6-16)22-23-19(24)17(13-21)11-14-7-9-15(12-20)10-8-14/h2-11H,1H3. The SMILES string of the molecule is Cn1c(C(C#N)=Cc2ccc(C#N)cc2)nnc1-c1ccccc1. The van der Waals surface area contributed by atoms with Crippen molar-refractivity contribution in [3.8, 4) is 23.5 Å². The third-order valence-corrected chi connectivity index (χ3v) is 3.62. The van der Waals surface area contributed by atoms with Gasteiger partial charge in [-0.1, -0.05) is 42.5 Å². The van der Waals surface area contributed by atoms with Crippen LogP contribution in [0, 0.1) is 22.7 Å². The third kappa shape index (κ3) is 2.92. The number of hydrogen-bond acceptors (Lipinski definition) is 4. The first-order valence-corrected chi connectivity index (χ1v) is 7.30. The molecule has 0 unspecified atom stereocenters. The molecule has 3 rings (SSSR count). The summed E-state index contributed by atoms with van der Waals surface area (Å²) in [6, 6.07) is 21.0.